The van der Waals surface area contributed by atoms with Gasteiger partial charge in [0.1, 0.15) is 5.58 Å². The van der Waals surface area contributed by atoms with E-state index in [1.165, 1.54) is 0 Å². The molecule has 0 spiro atoms. The third kappa shape index (κ3) is 1.59. The van der Waals surface area contributed by atoms with Gasteiger partial charge in [-0.25, -0.2) is 0 Å². The van der Waals surface area contributed by atoms with Crippen LogP contribution in [-0.4, -0.2) is 0 Å². The lowest BCUT2D eigenvalue weighted by Gasteiger charge is -1.89. The molecule has 2 nitrogen and oxygen atoms in total. The quantitative estimate of drug-likeness (QED) is 0.606. The molecule has 12 heavy (non-hydrogen) atoms. The maximum absolute atomic E-state index is 5.54. The summed E-state index contributed by atoms with van der Waals surface area (Å²) in [7, 11) is 0. The van der Waals surface area contributed by atoms with E-state index in [9.17, 15) is 0 Å². The Morgan fingerprint density at radius 2 is 1.92 bits per heavy atom. The molecule has 0 atom stereocenters. The molecular weight excluding hydrogens is 150 g/mol. The molecule has 64 valence electrons. The van der Waals surface area contributed by atoms with Gasteiger partial charge in [-0.15, -0.1) is 0 Å². The first kappa shape index (κ1) is 8.65. The third-order valence-electron chi connectivity index (χ3n) is 1.48. The number of hydrogen-bond donors (Lipinski definition) is 1. The fraction of sp³-hybridized carbons (Fsp3) is 0.200. The summed E-state index contributed by atoms with van der Waals surface area (Å²) in [6.07, 6.45) is 1.66. The molecule has 0 amide bonds. The van der Waals surface area contributed by atoms with Gasteiger partial charge in [-0.05, 0) is 24.3 Å². The van der Waals surface area contributed by atoms with Crippen LogP contribution in [0.25, 0.3) is 11.0 Å². The maximum Gasteiger partial charge on any atom is 0.133 e. The second kappa shape index (κ2) is 3.81. The molecule has 1 aromatic carbocycles. The molecule has 1 heterocycles. The second-order valence-corrected chi connectivity index (χ2v) is 2.22. The van der Waals surface area contributed by atoms with Gasteiger partial charge in [-0.3, -0.25) is 0 Å². The minimum Gasteiger partial charge on any atom is -0.464 e. The summed E-state index contributed by atoms with van der Waals surface area (Å²) < 4.78 is 5.12. The number of fused-ring (bicyclic) bond motifs is 1. The third-order valence-corrected chi connectivity index (χ3v) is 1.48. The first-order chi connectivity index (χ1) is 5.86. The molecule has 0 unspecified atom stereocenters. The van der Waals surface area contributed by atoms with Gasteiger partial charge in [0.25, 0.3) is 0 Å². The van der Waals surface area contributed by atoms with Gasteiger partial charge in [-0.2, -0.15) is 0 Å². The van der Waals surface area contributed by atoms with Crippen LogP contribution in [0.3, 0.4) is 0 Å². The van der Waals surface area contributed by atoms with E-state index < -0.39 is 0 Å². The molecule has 2 rings (SSSR count). The smallest absolute Gasteiger partial charge is 0.133 e. The fourth-order valence-corrected chi connectivity index (χ4v) is 0.985. The van der Waals surface area contributed by atoms with Crippen molar-refractivity contribution >= 4 is 16.7 Å². The summed E-state index contributed by atoms with van der Waals surface area (Å²) in [6.45, 7) is 4.00. The molecule has 0 saturated heterocycles. The Labute approximate surface area is 72.0 Å². The summed E-state index contributed by atoms with van der Waals surface area (Å²) in [6, 6.07) is 7.47. The first-order valence-corrected chi connectivity index (χ1v) is 4.09. The van der Waals surface area contributed by atoms with Crippen molar-refractivity contribution in [3.8, 4) is 0 Å². The standard InChI is InChI=1S/C8H7NO.C2H6/c9-7-1-2-8-6(5-7)3-4-10-8;1-2/h1-5H,9H2;1-2H3. The van der Waals surface area contributed by atoms with E-state index in [1.54, 1.807) is 6.26 Å². The van der Waals surface area contributed by atoms with Crippen molar-refractivity contribution in [1.82, 2.24) is 0 Å². The van der Waals surface area contributed by atoms with Crippen LogP contribution in [0, 0.1) is 0 Å². The van der Waals surface area contributed by atoms with E-state index in [0.29, 0.717) is 0 Å². The van der Waals surface area contributed by atoms with Gasteiger partial charge in [0.15, 0.2) is 0 Å². The normalized spacial score (nSPS) is 9.17. The molecule has 1 aromatic heterocycles. The van der Waals surface area contributed by atoms with Gasteiger partial charge < -0.3 is 10.2 Å². The van der Waals surface area contributed by atoms with Crippen molar-refractivity contribution in [3.05, 3.63) is 30.5 Å². The molecule has 0 saturated carbocycles. The van der Waals surface area contributed by atoms with E-state index in [4.69, 9.17) is 10.2 Å². The second-order valence-electron chi connectivity index (χ2n) is 2.22. The Morgan fingerprint density at radius 3 is 2.67 bits per heavy atom. The largest absolute Gasteiger partial charge is 0.464 e. The van der Waals surface area contributed by atoms with Gasteiger partial charge in [-0.1, -0.05) is 13.8 Å². The Kier molecular flexibility index (Phi) is 2.75. The molecule has 0 aliphatic carbocycles. The number of nitrogen functional groups attached to an aromatic ring is 1. The van der Waals surface area contributed by atoms with E-state index in [2.05, 4.69) is 0 Å². The van der Waals surface area contributed by atoms with Crippen LogP contribution < -0.4 is 5.73 Å². The zero-order chi connectivity index (χ0) is 8.97. The fourth-order valence-electron chi connectivity index (χ4n) is 0.985. The highest BCUT2D eigenvalue weighted by Crippen LogP contribution is 2.17. The van der Waals surface area contributed by atoms with E-state index >= 15 is 0 Å². The molecule has 2 N–H and O–H groups in total. The Bertz CT molecular complexity index is 351. The molecule has 0 bridgehead atoms. The number of benzene rings is 1. The van der Waals surface area contributed by atoms with Gasteiger partial charge in [0.05, 0.1) is 6.26 Å². The highest BCUT2D eigenvalue weighted by Gasteiger charge is 1.93. The average molecular weight is 163 g/mol. The summed E-state index contributed by atoms with van der Waals surface area (Å²) >= 11 is 0. The summed E-state index contributed by atoms with van der Waals surface area (Å²) in [5.41, 5.74) is 7.20. The number of anilines is 1. The van der Waals surface area contributed by atoms with Crippen LogP contribution in [0.2, 0.25) is 0 Å². The van der Waals surface area contributed by atoms with Crippen molar-refractivity contribution < 1.29 is 4.42 Å². The van der Waals surface area contributed by atoms with Crippen LogP contribution >= 0.6 is 0 Å². The highest BCUT2D eigenvalue weighted by atomic mass is 16.3. The summed E-state index contributed by atoms with van der Waals surface area (Å²) in [4.78, 5) is 0. The molecule has 0 radical (unpaired) electrons. The van der Waals surface area contributed by atoms with Gasteiger partial charge in [0, 0.05) is 11.1 Å². The minimum atomic E-state index is 0.772. The Balaban J connectivity index is 0.000000336. The number of furan rings is 1. The van der Waals surface area contributed by atoms with Crippen molar-refractivity contribution in [2.24, 2.45) is 0 Å². The van der Waals surface area contributed by atoms with E-state index in [-0.39, 0.29) is 0 Å². The first-order valence-electron chi connectivity index (χ1n) is 4.09. The van der Waals surface area contributed by atoms with Crippen LogP contribution in [0.15, 0.2) is 34.9 Å². The van der Waals surface area contributed by atoms with E-state index in [0.717, 1.165) is 16.7 Å². The van der Waals surface area contributed by atoms with Crippen molar-refractivity contribution in [2.45, 2.75) is 13.8 Å². The number of nitrogens with two attached hydrogens (primary N) is 1. The Hall–Kier alpha value is -1.44. The zero-order valence-corrected chi connectivity index (χ0v) is 7.37. The minimum absolute atomic E-state index is 0.772. The van der Waals surface area contributed by atoms with Crippen LogP contribution in [0.5, 0.6) is 0 Å². The van der Waals surface area contributed by atoms with Crippen LogP contribution in [-0.2, 0) is 0 Å². The monoisotopic (exact) mass is 163 g/mol. The van der Waals surface area contributed by atoms with Crippen molar-refractivity contribution in [3.63, 3.8) is 0 Å². The average Bonchev–Trinajstić information content (AvgIpc) is 2.54. The van der Waals surface area contributed by atoms with Gasteiger partial charge >= 0.3 is 0 Å². The molecule has 2 heteroatoms. The lowest BCUT2D eigenvalue weighted by Crippen LogP contribution is -1.80. The van der Waals surface area contributed by atoms with Crippen molar-refractivity contribution in [2.75, 3.05) is 5.73 Å². The van der Waals surface area contributed by atoms with E-state index in [1.807, 2.05) is 38.1 Å². The predicted molar refractivity (Wildman–Crippen MR) is 52.0 cm³/mol. The van der Waals surface area contributed by atoms with Crippen LogP contribution in [0.1, 0.15) is 13.8 Å². The van der Waals surface area contributed by atoms with Gasteiger partial charge in [0.2, 0.25) is 0 Å². The topological polar surface area (TPSA) is 39.2 Å². The van der Waals surface area contributed by atoms with Crippen LogP contribution in [0.4, 0.5) is 5.69 Å². The molecule has 0 aliphatic heterocycles. The highest BCUT2D eigenvalue weighted by molar-refractivity contribution is 5.80. The summed E-state index contributed by atoms with van der Waals surface area (Å²) in [5, 5.41) is 1.06. The SMILES string of the molecule is CC.Nc1ccc2occc2c1. The summed E-state index contributed by atoms with van der Waals surface area (Å²) in [5.74, 6) is 0. The number of hydrogen-bond acceptors (Lipinski definition) is 2. The maximum atomic E-state index is 5.54. The molecule has 0 fully saturated rings. The predicted octanol–water partition coefficient (Wildman–Crippen LogP) is 3.04. The lowest BCUT2D eigenvalue weighted by atomic mass is 10.2. The molecular formula is C10H13NO. The lowest BCUT2D eigenvalue weighted by molar-refractivity contribution is 0.616. The zero-order valence-electron chi connectivity index (χ0n) is 7.37. The van der Waals surface area contributed by atoms with Crippen molar-refractivity contribution in [1.29, 1.82) is 0 Å². The Morgan fingerprint density at radius 1 is 1.17 bits per heavy atom. The molecule has 0 aliphatic rings. The molecule has 2 aromatic rings. The number of rotatable bonds is 0.